The minimum atomic E-state index is -0.116. The summed E-state index contributed by atoms with van der Waals surface area (Å²) in [6.45, 7) is 1.96. The Kier molecular flexibility index (Phi) is 2.60. The van der Waals surface area contributed by atoms with E-state index in [0.29, 0.717) is 0 Å². The minimum Gasteiger partial charge on any atom is -0.504 e. The predicted octanol–water partition coefficient (Wildman–Crippen LogP) is 3.74. The molecule has 0 saturated carbocycles. The van der Waals surface area contributed by atoms with Crippen LogP contribution < -0.4 is 0 Å². The Morgan fingerprint density at radius 1 is 1.00 bits per heavy atom. The number of phenolic OH excluding ortho intramolecular Hbond substituents is 2. The number of para-hydroxylation sites is 1. The number of allylic oxidation sites excluding steroid dienone is 1. The molecule has 2 aromatic rings. The van der Waals surface area contributed by atoms with Crippen LogP contribution in [0.15, 0.2) is 47.5 Å². The second-order valence-electron chi connectivity index (χ2n) is 4.52. The summed E-state index contributed by atoms with van der Waals surface area (Å²) in [5.74, 6) is -0.227. The molecule has 0 aromatic heterocycles. The van der Waals surface area contributed by atoms with Crippen molar-refractivity contribution in [1.82, 2.24) is 0 Å². The molecule has 1 aliphatic rings. The first-order valence-corrected chi connectivity index (χ1v) is 6.04. The molecule has 0 amide bonds. The standard InChI is InChI=1S/C16H13NO2/c1-10-13(12-4-2-3-5-14(12)17-10)8-11-6-7-15(18)16(19)9-11/h2-9,18-19H,1H3/b13-8+. The molecule has 0 aliphatic carbocycles. The van der Waals surface area contributed by atoms with Crippen LogP contribution in [0.2, 0.25) is 0 Å². The van der Waals surface area contributed by atoms with Gasteiger partial charge in [-0.05, 0) is 36.8 Å². The van der Waals surface area contributed by atoms with Gasteiger partial charge in [0.05, 0.1) is 5.69 Å². The molecular formula is C16H13NO2. The van der Waals surface area contributed by atoms with Gasteiger partial charge >= 0.3 is 0 Å². The van der Waals surface area contributed by atoms with Gasteiger partial charge in [0.15, 0.2) is 11.5 Å². The average molecular weight is 251 g/mol. The molecule has 2 N–H and O–H groups in total. The van der Waals surface area contributed by atoms with Crippen LogP contribution in [0.25, 0.3) is 11.6 Å². The number of phenols is 2. The highest BCUT2D eigenvalue weighted by Crippen LogP contribution is 2.36. The normalized spacial score (nSPS) is 15.4. The van der Waals surface area contributed by atoms with E-state index in [4.69, 9.17) is 0 Å². The van der Waals surface area contributed by atoms with Crippen molar-refractivity contribution in [2.24, 2.45) is 4.99 Å². The van der Waals surface area contributed by atoms with Crippen LogP contribution in [0, 0.1) is 0 Å². The maximum Gasteiger partial charge on any atom is 0.157 e. The summed E-state index contributed by atoms with van der Waals surface area (Å²) in [6, 6.07) is 12.7. The summed E-state index contributed by atoms with van der Waals surface area (Å²) in [4.78, 5) is 4.51. The van der Waals surface area contributed by atoms with E-state index in [1.165, 1.54) is 12.1 Å². The Balaban J connectivity index is 2.09. The molecule has 0 bridgehead atoms. The van der Waals surface area contributed by atoms with E-state index < -0.39 is 0 Å². The molecule has 3 heteroatoms. The lowest BCUT2D eigenvalue weighted by Crippen LogP contribution is -1.89. The summed E-state index contributed by atoms with van der Waals surface area (Å²) in [6.07, 6.45) is 1.96. The highest BCUT2D eigenvalue weighted by molar-refractivity contribution is 6.31. The van der Waals surface area contributed by atoms with Gasteiger partial charge in [0.25, 0.3) is 0 Å². The highest BCUT2D eigenvalue weighted by atomic mass is 16.3. The van der Waals surface area contributed by atoms with E-state index in [-0.39, 0.29) is 11.5 Å². The maximum atomic E-state index is 9.53. The molecule has 0 radical (unpaired) electrons. The van der Waals surface area contributed by atoms with Crippen LogP contribution in [-0.4, -0.2) is 15.9 Å². The van der Waals surface area contributed by atoms with E-state index in [1.54, 1.807) is 6.07 Å². The third-order valence-electron chi connectivity index (χ3n) is 3.18. The number of hydrogen-bond donors (Lipinski definition) is 2. The zero-order chi connectivity index (χ0) is 13.4. The van der Waals surface area contributed by atoms with Gasteiger partial charge in [-0.3, -0.25) is 4.99 Å². The fourth-order valence-electron chi connectivity index (χ4n) is 2.21. The monoisotopic (exact) mass is 251 g/mol. The van der Waals surface area contributed by atoms with Crippen molar-refractivity contribution < 1.29 is 10.2 Å². The quantitative estimate of drug-likeness (QED) is 0.758. The van der Waals surface area contributed by atoms with Crippen molar-refractivity contribution in [2.45, 2.75) is 6.92 Å². The van der Waals surface area contributed by atoms with E-state index in [0.717, 1.165) is 28.1 Å². The zero-order valence-corrected chi connectivity index (χ0v) is 10.5. The van der Waals surface area contributed by atoms with E-state index in [9.17, 15) is 10.2 Å². The number of aliphatic imine (C=N–C) groups is 1. The largest absolute Gasteiger partial charge is 0.504 e. The van der Waals surface area contributed by atoms with Crippen LogP contribution in [0.4, 0.5) is 5.69 Å². The summed E-state index contributed by atoms with van der Waals surface area (Å²) < 4.78 is 0. The van der Waals surface area contributed by atoms with Gasteiger partial charge in [-0.2, -0.15) is 0 Å². The molecule has 1 heterocycles. The summed E-state index contributed by atoms with van der Waals surface area (Å²) in [7, 11) is 0. The highest BCUT2D eigenvalue weighted by Gasteiger charge is 2.16. The van der Waals surface area contributed by atoms with Crippen molar-refractivity contribution in [3.63, 3.8) is 0 Å². The van der Waals surface area contributed by atoms with Gasteiger partial charge in [-0.1, -0.05) is 24.3 Å². The average Bonchev–Trinajstić information content (AvgIpc) is 2.71. The van der Waals surface area contributed by atoms with Crippen LogP contribution in [0.3, 0.4) is 0 Å². The lowest BCUT2D eigenvalue weighted by atomic mass is 10.0. The first-order valence-electron chi connectivity index (χ1n) is 6.04. The Bertz CT molecular complexity index is 714. The Morgan fingerprint density at radius 3 is 2.58 bits per heavy atom. The van der Waals surface area contributed by atoms with Gasteiger partial charge in [0, 0.05) is 16.8 Å². The molecule has 0 unspecified atom stereocenters. The maximum absolute atomic E-state index is 9.53. The molecule has 3 rings (SSSR count). The van der Waals surface area contributed by atoms with Gasteiger partial charge < -0.3 is 10.2 Å². The van der Waals surface area contributed by atoms with Crippen LogP contribution >= 0.6 is 0 Å². The SMILES string of the molecule is CC1=Nc2ccccc2/C1=C/c1ccc(O)c(O)c1. The first-order chi connectivity index (χ1) is 9.15. The molecule has 1 aliphatic heterocycles. The predicted molar refractivity (Wildman–Crippen MR) is 76.9 cm³/mol. The lowest BCUT2D eigenvalue weighted by Gasteiger charge is -2.03. The van der Waals surface area contributed by atoms with Gasteiger partial charge in [0.1, 0.15) is 0 Å². The minimum absolute atomic E-state index is 0.112. The number of benzene rings is 2. The summed E-state index contributed by atoms with van der Waals surface area (Å²) in [5, 5.41) is 18.8. The van der Waals surface area contributed by atoms with E-state index >= 15 is 0 Å². The topological polar surface area (TPSA) is 52.8 Å². The van der Waals surface area contributed by atoms with Crippen molar-refractivity contribution in [2.75, 3.05) is 0 Å². The van der Waals surface area contributed by atoms with Crippen molar-refractivity contribution in [3.05, 3.63) is 53.6 Å². The molecule has 19 heavy (non-hydrogen) atoms. The summed E-state index contributed by atoms with van der Waals surface area (Å²) in [5.41, 5.74) is 4.88. The second kappa shape index (κ2) is 4.28. The number of nitrogens with zero attached hydrogens (tertiary/aromatic N) is 1. The smallest absolute Gasteiger partial charge is 0.157 e. The van der Waals surface area contributed by atoms with Crippen LogP contribution in [0.5, 0.6) is 11.5 Å². The molecule has 0 fully saturated rings. The summed E-state index contributed by atoms with van der Waals surface area (Å²) >= 11 is 0. The van der Waals surface area contributed by atoms with Crippen LogP contribution in [-0.2, 0) is 0 Å². The van der Waals surface area contributed by atoms with Gasteiger partial charge in [-0.25, -0.2) is 0 Å². The zero-order valence-electron chi connectivity index (χ0n) is 10.5. The van der Waals surface area contributed by atoms with Crippen molar-refractivity contribution in [1.29, 1.82) is 0 Å². The van der Waals surface area contributed by atoms with Gasteiger partial charge in [0.2, 0.25) is 0 Å². The van der Waals surface area contributed by atoms with Gasteiger partial charge in [-0.15, -0.1) is 0 Å². The number of rotatable bonds is 1. The third-order valence-corrected chi connectivity index (χ3v) is 3.18. The fourth-order valence-corrected chi connectivity index (χ4v) is 2.21. The molecular weight excluding hydrogens is 238 g/mol. The molecule has 0 saturated heterocycles. The molecule has 3 nitrogen and oxygen atoms in total. The Morgan fingerprint density at radius 2 is 1.79 bits per heavy atom. The lowest BCUT2D eigenvalue weighted by molar-refractivity contribution is 0.403. The molecule has 2 aromatic carbocycles. The van der Waals surface area contributed by atoms with Crippen molar-refractivity contribution in [3.8, 4) is 11.5 Å². The second-order valence-corrected chi connectivity index (χ2v) is 4.52. The van der Waals surface area contributed by atoms with Crippen LogP contribution in [0.1, 0.15) is 18.1 Å². The molecule has 94 valence electrons. The number of aromatic hydroxyl groups is 2. The Labute approximate surface area is 111 Å². The van der Waals surface area contributed by atoms with Crippen molar-refractivity contribution >= 4 is 23.0 Å². The van der Waals surface area contributed by atoms with E-state index in [1.807, 2.05) is 37.3 Å². The number of fused-ring (bicyclic) bond motifs is 1. The first kappa shape index (κ1) is 11.5. The molecule has 0 spiro atoms. The third kappa shape index (κ3) is 1.99. The van der Waals surface area contributed by atoms with E-state index in [2.05, 4.69) is 4.99 Å². The fraction of sp³-hybridized carbons (Fsp3) is 0.0625. The number of hydrogen-bond acceptors (Lipinski definition) is 3. The Hall–Kier alpha value is -2.55. The molecule has 0 atom stereocenters.